The Labute approximate surface area is 122 Å². The summed E-state index contributed by atoms with van der Waals surface area (Å²) in [7, 11) is 0. The Balaban J connectivity index is 2.08. The number of nitrogens with zero attached hydrogens (tertiary/aromatic N) is 3. The monoisotopic (exact) mass is 289 g/mol. The van der Waals surface area contributed by atoms with Crippen molar-refractivity contribution in [1.29, 1.82) is 0 Å². The number of carbonyl (C=O) groups is 2. The third kappa shape index (κ3) is 2.32. The highest BCUT2D eigenvalue weighted by molar-refractivity contribution is 6.03. The number of aromatic nitrogens is 2. The van der Waals surface area contributed by atoms with E-state index in [0.29, 0.717) is 17.9 Å². The van der Waals surface area contributed by atoms with E-state index >= 15 is 0 Å². The lowest BCUT2D eigenvalue weighted by Gasteiger charge is -2.40. The van der Waals surface area contributed by atoms with Crippen LogP contribution in [-0.2, 0) is 4.79 Å². The second-order valence-electron chi connectivity index (χ2n) is 5.55. The van der Waals surface area contributed by atoms with Crippen LogP contribution in [0.2, 0.25) is 0 Å². The summed E-state index contributed by atoms with van der Waals surface area (Å²) in [6, 6.07) is 0.0339. The van der Waals surface area contributed by atoms with Crippen molar-refractivity contribution < 1.29 is 9.59 Å². The number of primary amides is 1. The molecule has 2 amide bonds. The Hall–Kier alpha value is -2.18. The summed E-state index contributed by atoms with van der Waals surface area (Å²) >= 11 is 0. The van der Waals surface area contributed by atoms with Gasteiger partial charge in [-0.3, -0.25) is 9.59 Å². The van der Waals surface area contributed by atoms with Gasteiger partial charge in [0.25, 0.3) is 5.91 Å². The summed E-state index contributed by atoms with van der Waals surface area (Å²) in [5, 5.41) is 2.82. The Morgan fingerprint density at radius 3 is 2.81 bits per heavy atom. The third-order valence-electron chi connectivity index (χ3n) is 4.23. The molecule has 2 heterocycles. The molecule has 1 fully saturated rings. The molecule has 0 bridgehead atoms. The zero-order chi connectivity index (χ0) is 15.0. The van der Waals surface area contributed by atoms with Gasteiger partial charge in [-0.05, 0) is 19.3 Å². The van der Waals surface area contributed by atoms with Crippen molar-refractivity contribution in [3.63, 3.8) is 0 Å². The van der Waals surface area contributed by atoms with Gasteiger partial charge >= 0.3 is 0 Å². The Morgan fingerprint density at radius 2 is 2.19 bits per heavy atom. The number of nitrogens with two attached hydrogens (primary N) is 1. The van der Waals surface area contributed by atoms with Crippen LogP contribution >= 0.6 is 0 Å². The fourth-order valence-corrected chi connectivity index (χ4v) is 3.26. The van der Waals surface area contributed by atoms with E-state index in [2.05, 4.69) is 20.2 Å². The van der Waals surface area contributed by atoms with Crippen molar-refractivity contribution in [2.24, 2.45) is 5.73 Å². The lowest BCUT2D eigenvalue weighted by molar-refractivity contribution is -0.117. The van der Waals surface area contributed by atoms with E-state index in [1.54, 1.807) is 0 Å². The maximum absolute atomic E-state index is 12.3. The molecule has 2 aliphatic rings. The van der Waals surface area contributed by atoms with Gasteiger partial charge in [0, 0.05) is 6.04 Å². The molecule has 0 spiro atoms. The van der Waals surface area contributed by atoms with E-state index < -0.39 is 5.91 Å². The third-order valence-corrected chi connectivity index (χ3v) is 4.23. The summed E-state index contributed by atoms with van der Waals surface area (Å²) in [6.45, 7) is 1.98. The number of nitrogens with one attached hydrogen (secondary N) is 1. The first-order valence-corrected chi connectivity index (χ1v) is 7.38. The molecule has 7 heteroatoms. The molecule has 0 saturated heterocycles. The van der Waals surface area contributed by atoms with E-state index in [-0.39, 0.29) is 23.8 Å². The molecule has 0 radical (unpaired) electrons. The fourth-order valence-electron chi connectivity index (χ4n) is 3.26. The van der Waals surface area contributed by atoms with Crippen molar-refractivity contribution in [3.8, 4) is 0 Å². The van der Waals surface area contributed by atoms with Crippen molar-refractivity contribution >= 4 is 23.3 Å². The first-order chi connectivity index (χ1) is 10.1. The van der Waals surface area contributed by atoms with Crippen molar-refractivity contribution in [3.05, 3.63) is 12.0 Å². The lowest BCUT2D eigenvalue weighted by Crippen LogP contribution is -2.52. The van der Waals surface area contributed by atoms with Gasteiger partial charge in [-0.15, -0.1) is 0 Å². The second kappa shape index (κ2) is 5.31. The van der Waals surface area contributed by atoms with E-state index in [4.69, 9.17) is 5.73 Å². The Kier molecular flexibility index (Phi) is 3.48. The molecular weight excluding hydrogens is 270 g/mol. The zero-order valence-electron chi connectivity index (χ0n) is 12.0. The predicted octanol–water partition coefficient (Wildman–Crippen LogP) is 1.06. The molecule has 7 nitrogen and oxygen atoms in total. The summed E-state index contributed by atoms with van der Waals surface area (Å²) in [5.74, 6) is -0.0821. The number of rotatable bonds is 3. The number of hydrogen-bond acceptors (Lipinski definition) is 5. The molecule has 1 aliphatic carbocycles. The Bertz CT molecular complexity index is 583. The first-order valence-electron chi connectivity index (χ1n) is 7.38. The highest BCUT2D eigenvalue weighted by atomic mass is 16.2. The SMILES string of the molecule is CC[C@@H]1C(=O)Nc2cnc(C(N)=O)nc2N1C1CCCC1. The zero-order valence-corrected chi connectivity index (χ0v) is 12.0. The average molecular weight is 289 g/mol. The topological polar surface area (TPSA) is 101 Å². The normalized spacial score (nSPS) is 22.0. The summed E-state index contributed by atoms with van der Waals surface area (Å²) in [4.78, 5) is 33.9. The predicted molar refractivity (Wildman–Crippen MR) is 78.0 cm³/mol. The van der Waals surface area contributed by atoms with E-state index in [1.807, 2.05) is 6.92 Å². The summed E-state index contributed by atoms with van der Waals surface area (Å²) < 4.78 is 0. The van der Waals surface area contributed by atoms with Gasteiger partial charge in [-0.2, -0.15) is 0 Å². The lowest BCUT2D eigenvalue weighted by atomic mass is 10.0. The second-order valence-corrected chi connectivity index (χ2v) is 5.55. The highest BCUT2D eigenvalue weighted by Gasteiger charge is 2.38. The van der Waals surface area contributed by atoms with Crippen LogP contribution in [0.1, 0.15) is 49.6 Å². The van der Waals surface area contributed by atoms with Crippen LogP contribution in [0, 0.1) is 0 Å². The van der Waals surface area contributed by atoms with Gasteiger partial charge in [0.2, 0.25) is 11.7 Å². The minimum absolute atomic E-state index is 0.0113. The molecular formula is C14H19N5O2. The van der Waals surface area contributed by atoms with E-state index in [9.17, 15) is 9.59 Å². The van der Waals surface area contributed by atoms with Crippen molar-refractivity contribution in [2.45, 2.75) is 51.1 Å². The van der Waals surface area contributed by atoms with Crippen LogP contribution in [0.5, 0.6) is 0 Å². The number of carbonyl (C=O) groups excluding carboxylic acids is 2. The number of anilines is 2. The smallest absolute Gasteiger partial charge is 0.286 e. The molecule has 3 rings (SSSR count). The minimum Gasteiger partial charge on any atom is -0.363 e. The minimum atomic E-state index is -0.658. The quantitative estimate of drug-likeness (QED) is 0.866. The molecule has 1 aliphatic heterocycles. The number of hydrogen-bond donors (Lipinski definition) is 2. The molecule has 112 valence electrons. The highest BCUT2D eigenvalue weighted by Crippen LogP contribution is 2.36. The van der Waals surface area contributed by atoms with Gasteiger partial charge in [0.15, 0.2) is 5.82 Å². The molecule has 1 saturated carbocycles. The van der Waals surface area contributed by atoms with Crippen LogP contribution < -0.4 is 16.0 Å². The molecule has 21 heavy (non-hydrogen) atoms. The van der Waals surface area contributed by atoms with E-state index in [1.165, 1.54) is 6.20 Å². The van der Waals surface area contributed by atoms with Crippen LogP contribution in [-0.4, -0.2) is 33.9 Å². The maximum Gasteiger partial charge on any atom is 0.286 e. The molecule has 1 atom stereocenters. The van der Waals surface area contributed by atoms with E-state index in [0.717, 1.165) is 25.7 Å². The molecule has 1 aromatic rings. The summed E-state index contributed by atoms with van der Waals surface area (Å²) in [5.41, 5.74) is 5.83. The van der Waals surface area contributed by atoms with Crippen LogP contribution in [0.3, 0.4) is 0 Å². The van der Waals surface area contributed by atoms with Gasteiger partial charge < -0.3 is 16.0 Å². The van der Waals surface area contributed by atoms with Crippen molar-refractivity contribution in [2.75, 3.05) is 10.2 Å². The van der Waals surface area contributed by atoms with Crippen LogP contribution in [0.4, 0.5) is 11.5 Å². The van der Waals surface area contributed by atoms with Gasteiger partial charge in [0.05, 0.1) is 6.20 Å². The van der Waals surface area contributed by atoms with Gasteiger partial charge in [-0.25, -0.2) is 9.97 Å². The maximum atomic E-state index is 12.3. The average Bonchev–Trinajstić information content (AvgIpc) is 2.99. The van der Waals surface area contributed by atoms with Gasteiger partial charge in [0.1, 0.15) is 11.7 Å². The number of amides is 2. The van der Waals surface area contributed by atoms with Crippen LogP contribution in [0.25, 0.3) is 0 Å². The molecule has 1 aromatic heterocycles. The summed E-state index contributed by atoms with van der Waals surface area (Å²) in [6.07, 6.45) is 6.55. The molecule has 3 N–H and O–H groups in total. The largest absolute Gasteiger partial charge is 0.363 e. The standard InChI is InChI=1S/C14H19N5O2/c1-2-10-14(21)17-9-7-16-12(11(15)20)18-13(9)19(10)8-5-3-4-6-8/h7-8,10H,2-6H2,1H3,(H2,15,20)(H,17,21)/t10-/m1/s1. The Morgan fingerprint density at radius 1 is 1.48 bits per heavy atom. The number of fused-ring (bicyclic) bond motifs is 1. The van der Waals surface area contributed by atoms with Gasteiger partial charge in [-0.1, -0.05) is 19.8 Å². The molecule has 0 aromatic carbocycles. The fraction of sp³-hybridized carbons (Fsp3) is 0.571. The van der Waals surface area contributed by atoms with Crippen LogP contribution in [0.15, 0.2) is 6.20 Å². The van der Waals surface area contributed by atoms with Crippen molar-refractivity contribution in [1.82, 2.24) is 9.97 Å². The molecule has 0 unspecified atom stereocenters. The first kappa shape index (κ1) is 13.8.